The van der Waals surface area contributed by atoms with Crippen molar-refractivity contribution in [1.82, 2.24) is 0 Å². The van der Waals surface area contributed by atoms with E-state index >= 15 is 0 Å². The summed E-state index contributed by atoms with van der Waals surface area (Å²) in [5.41, 5.74) is 1.31. The van der Waals surface area contributed by atoms with Crippen LogP contribution in [0.25, 0.3) is 0 Å². The van der Waals surface area contributed by atoms with Crippen molar-refractivity contribution >= 4 is 17.6 Å². The van der Waals surface area contributed by atoms with Crippen LogP contribution in [0.5, 0.6) is 0 Å². The molecule has 3 nitrogen and oxygen atoms in total. The fourth-order valence-electron chi connectivity index (χ4n) is 1.51. The van der Waals surface area contributed by atoms with E-state index in [1.807, 2.05) is 0 Å². The lowest BCUT2D eigenvalue weighted by molar-refractivity contribution is -0.203. The largest absolute Gasteiger partial charge is 0.480 e. The second-order valence-corrected chi connectivity index (χ2v) is 3.80. The van der Waals surface area contributed by atoms with Crippen LogP contribution in [0.4, 0.5) is 13.2 Å². The molecular weight excluding hydrogens is 259 g/mol. The molecule has 0 aromatic heterocycles. The summed E-state index contributed by atoms with van der Waals surface area (Å²) in [4.78, 5) is 11.0. The molecule has 0 spiro atoms. The van der Waals surface area contributed by atoms with Crippen molar-refractivity contribution in [2.45, 2.75) is 11.6 Å². The molecule has 17 heavy (non-hydrogen) atoms. The van der Waals surface area contributed by atoms with Gasteiger partial charge in [0.25, 0.3) is 0 Å². The Labute approximate surface area is 100.0 Å². The smallest absolute Gasteiger partial charge is 0.410 e. The molecule has 0 saturated heterocycles. The van der Waals surface area contributed by atoms with Crippen LogP contribution in [0.1, 0.15) is 5.56 Å². The van der Waals surface area contributed by atoms with Gasteiger partial charge in [0.15, 0.2) is 0 Å². The summed E-state index contributed by atoms with van der Waals surface area (Å²) < 4.78 is 38.9. The number of hydrogen-bond donors (Lipinski definition) is 2. The molecule has 0 saturated carbocycles. The summed E-state index contributed by atoms with van der Waals surface area (Å²) in [6, 6.07) is 4.89. The third-order valence-corrected chi connectivity index (χ3v) is 2.82. The Balaban J connectivity index is 3.55. The maximum atomic E-state index is 13.0. The number of carboxylic acids is 1. The van der Waals surface area contributed by atoms with Gasteiger partial charge in [0.1, 0.15) is 0 Å². The van der Waals surface area contributed by atoms with Crippen molar-refractivity contribution in [3.8, 4) is 0 Å². The molecule has 0 radical (unpaired) electrons. The summed E-state index contributed by atoms with van der Waals surface area (Å²) >= 11 is 5.62. The highest BCUT2D eigenvalue weighted by atomic mass is 35.5. The number of nitrogens with two attached hydrogens (primary N) is 1. The molecule has 0 bridgehead atoms. The van der Waals surface area contributed by atoms with E-state index in [2.05, 4.69) is 0 Å². The third kappa shape index (κ3) is 2.10. The molecule has 0 aliphatic heterocycles. The van der Waals surface area contributed by atoms with Gasteiger partial charge in [0, 0.05) is 11.6 Å². The van der Waals surface area contributed by atoms with Gasteiger partial charge in [-0.15, -0.1) is 0 Å². The van der Waals surface area contributed by atoms with E-state index in [4.69, 9.17) is 22.4 Å². The van der Waals surface area contributed by atoms with E-state index in [-0.39, 0.29) is 5.02 Å². The quantitative estimate of drug-likeness (QED) is 0.882. The molecule has 0 amide bonds. The van der Waals surface area contributed by atoms with Crippen LogP contribution in [0.2, 0.25) is 5.02 Å². The molecule has 94 valence electrons. The van der Waals surface area contributed by atoms with E-state index in [9.17, 15) is 18.0 Å². The molecule has 7 heteroatoms. The Kier molecular flexibility index (Phi) is 3.68. The second kappa shape index (κ2) is 4.54. The highest BCUT2D eigenvalue weighted by Crippen LogP contribution is 2.43. The summed E-state index contributed by atoms with van der Waals surface area (Å²) in [5, 5.41) is 8.60. The number of carboxylic acid groups (broad SMARTS) is 1. The van der Waals surface area contributed by atoms with Crippen LogP contribution >= 0.6 is 11.6 Å². The van der Waals surface area contributed by atoms with Gasteiger partial charge in [0.05, 0.1) is 0 Å². The van der Waals surface area contributed by atoms with Crippen LogP contribution in [-0.2, 0) is 10.2 Å². The maximum absolute atomic E-state index is 13.0. The van der Waals surface area contributed by atoms with E-state index in [1.165, 1.54) is 18.2 Å². The van der Waals surface area contributed by atoms with Gasteiger partial charge >= 0.3 is 12.1 Å². The number of hydrogen-bond acceptors (Lipinski definition) is 2. The summed E-state index contributed by atoms with van der Waals surface area (Å²) in [6.07, 6.45) is -5.03. The maximum Gasteiger partial charge on any atom is 0.410 e. The minimum atomic E-state index is -5.03. The zero-order valence-corrected chi connectivity index (χ0v) is 9.22. The number of aliphatic carboxylic acids is 1. The molecule has 1 aromatic carbocycles. The fourth-order valence-corrected chi connectivity index (χ4v) is 1.81. The molecule has 0 heterocycles. The van der Waals surface area contributed by atoms with Crippen LogP contribution in [0, 0.1) is 0 Å². The van der Waals surface area contributed by atoms with Crippen LogP contribution < -0.4 is 5.73 Å². The first kappa shape index (κ1) is 13.8. The van der Waals surface area contributed by atoms with Gasteiger partial charge in [0.2, 0.25) is 5.41 Å². The first-order chi connectivity index (χ1) is 7.77. The van der Waals surface area contributed by atoms with Crippen molar-refractivity contribution in [2.24, 2.45) is 5.73 Å². The predicted octanol–water partition coefficient (Wildman–Crippen LogP) is 2.18. The van der Waals surface area contributed by atoms with E-state index in [1.54, 1.807) is 0 Å². The van der Waals surface area contributed by atoms with Crippen molar-refractivity contribution in [3.63, 3.8) is 0 Å². The monoisotopic (exact) mass is 267 g/mol. The average Bonchev–Trinajstić information content (AvgIpc) is 2.19. The van der Waals surface area contributed by atoms with Crippen LogP contribution in [0.15, 0.2) is 24.3 Å². The fraction of sp³-hybridized carbons (Fsp3) is 0.300. The highest BCUT2D eigenvalue weighted by Gasteiger charge is 2.61. The SMILES string of the molecule is NCC(C(=O)O)(c1ccccc1Cl)C(F)(F)F. The van der Waals surface area contributed by atoms with E-state index < -0.39 is 29.7 Å². The van der Waals surface area contributed by atoms with Gasteiger partial charge in [-0.3, -0.25) is 4.79 Å². The highest BCUT2D eigenvalue weighted by molar-refractivity contribution is 6.31. The van der Waals surface area contributed by atoms with Gasteiger partial charge < -0.3 is 10.8 Å². The molecule has 1 aromatic rings. The molecule has 1 unspecified atom stereocenters. The molecule has 1 atom stereocenters. The van der Waals surface area contributed by atoms with E-state index in [0.717, 1.165) is 6.07 Å². The number of rotatable bonds is 3. The second-order valence-electron chi connectivity index (χ2n) is 3.39. The Bertz CT molecular complexity index is 436. The summed E-state index contributed by atoms with van der Waals surface area (Å²) in [5.74, 6) is -2.07. The molecule has 3 N–H and O–H groups in total. The number of carbonyl (C=O) groups is 1. The van der Waals surface area contributed by atoms with Crippen LogP contribution in [-0.4, -0.2) is 23.8 Å². The Morgan fingerprint density at radius 1 is 1.35 bits per heavy atom. The molecule has 0 aliphatic carbocycles. The number of halogens is 4. The minimum Gasteiger partial charge on any atom is -0.480 e. The lowest BCUT2D eigenvalue weighted by Gasteiger charge is -2.31. The normalized spacial score (nSPS) is 15.4. The molecular formula is C10H9ClF3NO2. The predicted molar refractivity (Wildman–Crippen MR) is 55.9 cm³/mol. The standard InChI is InChI=1S/C10H9ClF3NO2/c11-7-4-2-1-3-6(7)9(5-15,8(16)17)10(12,13)14/h1-4H,5,15H2,(H,16,17). The first-order valence-corrected chi connectivity index (χ1v) is 4.90. The minimum absolute atomic E-state index is 0.280. The topological polar surface area (TPSA) is 63.3 Å². The van der Waals surface area contributed by atoms with Gasteiger partial charge in [-0.2, -0.15) is 13.2 Å². The molecule has 0 fully saturated rings. The zero-order valence-electron chi connectivity index (χ0n) is 8.46. The Morgan fingerprint density at radius 3 is 2.24 bits per heavy atom. The Hall–Kier alpha value is -1.27. The lowest BCUT2D eigenvalue weighted by atomic mass is 9.79. The number of benzene rings is 1. The first-order valence-electron chi connectivity index (χ1n) is 4.52. The summed E-state index contributed by atoms with van der Waals surface area (Å²) in [6.45, 7) is -1.12. The van der Waals surface area contributed by atoms with Crippen molar-refractivity contribution < 1.29 is 23.1 Å². The lowest BCUT2D eigenvalue weighted by Crippen LogP contribution is -2.54. The van der Waals surface area contributed by atoms with Crippen LogP contribution in [0.3, 0.4) is 0 Å². The average molecular weight is 268 g/mol. The van der Waals surface area contributed by atoms with Crippen molar-refractivity contribution in [3.05, 3.63) is 34.9 Å². The Morgan fingerprint density at radius 2 is 1.88 bits per heavy atom. The zero-order chi connectivity index (χ0) is 13.3. The molecule has 1 rings (SSSR count). The number of alkyl halides is 3. The third-order valence-electron chi connectivity index (χ3n) is 2.49. The van der Waals surface area contributed by atoms with Crippen molar-refractivity contribution in [1.29, 1.82) is 0 Å². The van der Waals surface area contributed by atoms with Gasteiger partial charge in [-0.1, -0.05) is 29.8 Å². The van der Waals surface area contributed by atoms with Gasteiger partial charge in [-0.25, -0.2) is 0 Å². The van der Waals surface area contributed by atoms with E-state index in [0.29, 0.717) is 0 Å². The van der Waals surface area contributed by atoms with Gasteiger partial charge in [-0.05, 0) is 11.6 Å². The van der Waals surface area contributed by atoms with Crippen molar-refractivity contribution in [2.75, 3.05) is 6.54 Å². The molecule has 0 aliphatic rings. The summed E-state index contributed by atoms with van der Waals surface area (Å²) in [7, 11) is 0.